The van der Waals surface area contributed by atoms with Crippen LogP contribution in [0.2, 0.25) is 0 Å². The molecule has 1 unspecified atom stereocenters. The van der Waals surface area contributed by atoms with Crippen LogP contribution >= 0.6 is 0 Å². The van der Waals surface area contributed by atoms with E-state index in [1.807, 2.05) is 6.20 Å². The minimum Gasteiger partial charge on any atom is -0.316 e. The molecule has 12 heavy (non-hydrogen) atoms. The molecule has 1 saturated heterocycles. The number of aromatic nitrogens is 2. The molecule has 2 heterocycles. The van der Waals surface area contributed by atoms with Gasteiger partial charge in [-0.2, -0.15) is 10.2 Å². The molecular weight excluding hydrogens is 150 g/mol. The first-order valence-electron chi connectivity index (χ1n) is 4.44. The average Bonchev–Trinajstić information content (AvgIpc) is 2.21. The molecule has 1 aliphatic rings. The van der Waals surface area contributed by atoms with Crippen LogP contribution in [0.3, 0.4) is 0 Å². The van der Waals surface area contributed by atoms with Gasteiger partial charge in [-0.05, 0) is 36.9 Å². The zero-order valence-electron chi connectivity index (χ0n) is 7.03. The van der Waals surface area contributed by atoms with E-state index in [1.54, 1.807) is 6.20 Å². The Bertz CT molecular complexity index is 229. The van der Waals surface area contributed by atoms with E-state index in [0.29, 0.717) is 5.92 Å². The number of rotatable bonds is 1. The Labute approximate surface area is 72.2 Å². The van der Waals surface area contributed by atoms with Crippen LogP contribution in [0.25, 0.3) is 0 Å². The number of hydrogen-bond donors (Lipinski definition) is 1. The van der Waals surface area contributed by atoms with Crippen molar-refractivity contribution in [3.8, 4) is 0 Å². The van der Waals surface area contributed by atoms with Gasteiger partial charge in [-0.3, -0.25) is 0 Å². The maximum Gasteiger partial charge on any atom is 0.0531 e. The van der Waals surface area contributed by atoms with Crippen molar-refractivity contribution in [3.05, 3.63) is 24.0 Å². The lowest BCUT2D eigenvalue weighted by Crippen LogP contribution is -2.28. The van der Waals surface area contributed by atoms with E-state index >= 15 is 0 Å². The van der Waals surface area contributed by atoms with Gasteiger partial charge in [0.15, 0.2) is 0 Å². The fourth-order valence-corrected chi connectivity index (χ4v) is 1.68. The zero-order valence-corrected chi connectivity index (χ0v) is 7.03. The third kappa shape index (κ3) is 1.61. The lowest BCUT2D eigenvalue weighted by atomic mass is 9.93. The van der Waals surface area contributed by atoms with Crippen LogP contribution in [0.4, 0.5) is 0 Å². The Hall–Kier alpha value is -0.960. The van der Waals surface area contributed by atoms with Crippen molar-refractivity contribution in [3.63, 3.8) is 0 Å². The van der Waals surface area contributed by atoms with Crippen molar-refractivity contribution in [1.82, 2.24) is 15.5 Å². The summed E-state index contributed by atoms with van der Waals surface area (Å²) in [5, 5.41) is 11.0. The summed E-state index contributed by atoms with van der Waals surface area (Å²) < 4.78 is 0. The summed E-state index contributed by atoms with van der Waals surface area (Å²) in [6, 6.07) is 2.06. The second kappa shape index (κ2) is 3.63. The molecule has 0 bridgehead atoms. The van der Waals surface area contributed by atoms with E-state index < -0.39 is 0 Å². The molecule has 1 aliphatic heterocycles. The third-order valence-corrected chi connectivity index (χ3v) is 2.38. The molecule has 0 spiro atoms. The van der Waals surface area contributed by atoms with Gasteiger partial charge in [0.2, 0.25) is 0 Å². The fourth-order valence-electron chi connectivity index (χ4n) is 1.68. The fraction of sp³-hybridized carbons (Fsp3) is 0.556. The zero-order chi connectivity index (χ0) is 8.23. The SMILES string of the molecule is c1cc(C2CCCNC2)cnn1. The van der Waals surface area contributed by atoms with Crippen molar-refractivity contribution in [2.75, 3.05) is 13.1 Å². The molecule has 2 rings (SSSR count). The van der Waals surface area contributed by atoms with Crippen LogP contribution < -0.4 is 5.32 Å². The van der Waals surface area contributed by atoms with E-state index in [9.17, 15) is 0 Å². The van der Waals surface area contributed by atoms with Gasteiger partial charge < -0.3 is 5.32 Å². The van der Waals surface area contributed by atoms with Gasteiger partial charge >= 0.3 is 0 Å². The van der Waals surface area contributed by atoms with Gasteiger partial charge in [0, 0.05) is 12.7 Å². The molecule has 1 atom stereocenters. The predicted molar refractivity (Wildman–Crippen MR) is 46.9 cm³/mol. The van der Waals surface area contributed by atoms with E-state index in [-0.39, 0.29) is 0 Å². The highest BCUT2D eigenvalue weighted by Crippen LogP contribution is 2.21. The van der Waals surface area contributed by atoms with Crippen molar-refractivity contribution in [1.29, 1.82) is 0 Å². The van der Waals surface area contributed by atoms with Gasteiger partial charge in [-0.25, -0.2) is 0 Å². The topological polar surface area (TPSA) is 37.8 Å². The Balaban J connectivity index is 2.08. The quantitative estimate of drug-likeness (QED) is 0.669. The smallest absolute Gasteiger partial charge is 0.0531 e. The summed E-state index contributed by atoms with van der Waals surface area (Å²) in [6.07, 6.45) is 6.19. The van der Waals surface area contributed by atoms with E-state index in [0.717, 1.165) is 13.1 Å². The van der Waals surface area contributed by atoms with Gasteiger partial charge in [0.1, 0.15) is 0 Å². The summed E-state index contributed by atoms with van der Waals surface area (Å²) >= 11 is 0. The number of nitrogens with one attached hydrogen (secondary N) is 1. The summed E-state index contributed by atoms with van der Waals surface area (Å²) in [7, 11) is 0. The molecule has 0 aliphatic carbocycles. The highest BCUT2D eigenvalue weighted by Gasteiger charge is 2.14. The first-order chi connectivity index (χ1) is 5.97. The lowest BCUT2D eigenvalue weighted by molar-refractivity contribution is 0.460. The predicted octanol–water partition coefficient (Wildman–Crippen LogP) is 0.944. The van der Waals surface area contributed by atoms with Crippen molar-refractivity contribution in [2.45, 2.75) is 18.8 Å². The molecule has 0 aromatic carbocycles. The highest BCUT2D eigenvalue weighted by atomic mass is 15.1. The molecule has 3 heteroatoms. The van der Waals surface area contributed by atoms with Crippen LogP contribution in [-0.4, -0.2) is 23.3 Å². The Kier molecular flexibility index (Phi) is 2.32. The van der Waals surface area contributed by atoms with Gasteiger partial charge in [-0.1, -0.05) is 0 Å². The summed E-state index contributed by atoms with van der Waals surface area (Å²) in [5.41, 5.74) is 1.32. The van der Waals surface area contributed by atoms with E-state index in [1.165, 1.54) is 18.4 Å². The molecule has 1 N–H and O–H groups in total. The van der Waals surface area contributed by atoms with Crippen LogP contribution in [0.5, 0.6) is 0 Å². The molecular formula is C9H13N3. The highest BCUT2D eigenvalue weighted by molar-refractivity contribution is 5.13. The van der Waals surface area contributed by atoms with E-state index in [2.05, 4.69) is 21.6 Å². The van der Waals surface area contributed by atoms with E-state index in [4.69, 9.17) is 0 Å². The molecule has 0 saturated carbocycles. The largest absolute Gasteiger partial charge is 0.316 e. The first kappa shape index (κ1) is 7.68. The van der Waals surface area contributed by atoms with Gasteiger partial charge in [-0.15, -0.1) is 0 Å². The molecule has 0 amide bonds. The number of hydrogen-bond acceptors (Lipinski definition) is 3. The summed E-state index contributed by atoms with van der Waals surface area (Å²) in [6.45, 7) is 2.25. The van der Waals surface area contributed by atoms with Crippen molar-refractivity contribution < 1.29 is 0 Å². The van der Waals surface area contributed by atoms with Gasteiger partial charge in [0.25, 0.3) is 0 Å². The Morgan fingerprint density at radius 1 is 1.42 bits per heavy atom. The minimum absolute atomic E-state index is 0.647. The second-order valence-electron chi connectivity index (χ2n) is 3.22. The van der Waals surface area contributed by atoms with Crippen LogP contribution in [-0.2, 0) is 0 Å². The van der Waals surface area contributed by atoms with Crippen molar-refractivity contribution >= 4 is 0 Å². The number of nitrogens with zero attached hydrogens (tertiary/aromatic N) is 2. The molecule has 64 valence electrons. The average molecular weight is 163 g/mol. The number of piperidine rings is 1. The van der Waals surface area contributed by atoms with Crippen LogP contribution in [0, 0.1) is 0 Å². The van der Waals surface area contributed by atoms with Crippen molar-refractivity contribution in [2.24, 2.45) is 0 Å². The maximum absolute atomic E-state index is 3.88. The standard InChI is InChI=1S/C9H13N3/c1-2-8(6-10-4-1)9-3-5-11-12-7-9/h3,5,7-8,10H,1-2,4,6H2. The Morgan fingerprint density at radius 2 is 2.42 bits per heavy atom. The monoisotopic (exact) mass is 163 g/mol. The summed E-state index contributed by atoms with van der Waals surface area (Å²) in [5.74, 6) is 0.647. The first-order valence-corrected chi connectivity index (χ1v) is 4.44. The molecule has 0 radical (unpaired) electrons. The maximum atomic E-state index is 3.88. The normalized spacial score (nSPS) is 23.8. The molecule has 1 aromatic heterocycles. The summed E-state index contributed by atoms with van der Waals surface area (Å²) in [4.78, 5) is 0. The third-order valence-electron chi connectivity index (χ3n) is 2.38. The molecule has 3 nitrogen and oxygen atoms in total. The van der Waals surface area contributed by atoms with Gasteiger partial charge in [0.05, 0.1) is 6.20 Å². The lowest BCUT2D eigenvalue weighted by Gasteiger charge is -2.22. The molecule has 1 aromatic rings. The van der Waals surface area contributed by atoms with Crippen LogP contribution in [0.1, 0.15) is 24.3 Å². The van der Waals surface area contributed by atoms with Crippen LogP contribution in [0.15, 0.2) is 18.5 Å². The second-order valence-corrected chi connectivity index (χ2v) is 3.22. The Morgan fingerprint density at radius 3 is 3.08 bits per heavy atom. The minimum atomic E-state index is 0.647. The molecule has 1 fully saturated rings.